The van der Waals surface area contributed by atoms with Gasteiger partial charge in [0.2, 0.25) is 0 Å². The Morgan fingerprint density at radius 2 is 2.22 bits per heavy atom. The van der Waals surface area contributed by atoms with Crippen molar-refractivity contribution in [2.24, 2.45) is 12.0 Å². The summed E-state index contributed by atoms with van der Waals surface area (Å²) < 4.78 is 6.89. The van der Waals surface area contributed by atoms with Crippen LogP contribution in [0.3, 0.4) is 0 Å². The standard InChI is InChI=1S/C15H25ClN4O2.HI/c1-5-22-14(21)7-6-8-18-15(17-2)20(4)11-13-9-12(16)10-19(13)3;/h9-10H,5-8,11H2,1-4H3,(H,17,18);1H. The number of aromatic nitrogens is 1. The molecule has 0 unspecified atom stereocenters. The fourth-order valence-corrected chi connectivity index (χ4v) is 2.36. The third-order valence-corrected chi connectivity index (χ3v) is 3.40. The summed E-state index contributed by atoms with van der Waals surface area (Å²) in [4.78, 5) is 17.5. The van der Waals surface area contributed by atoms with Gasteiger partial charge < -0.3 is 19.5 Å². The number of hydrogen-bond donors (Lipinski definition) is 1. The summed E-state index contributed by atoms with van der Waals surface area (Å²) in [5.74, 6) is 0.618. The van der Waals surface area contributed by atoms with E-state index in [0.29, 0.717) is 32.5 Å². The zero-order valence-electron chi connectivity index (χ0n) is 14.1. The maximum atomic E-state index is 11.3. The monoisotopic (exact) mass is 456 g/mol. The van der Waals surface area contributed by atoms with E-state index in [-0.39, 0.29) is 29.9 Å². The molecule has 0 bridgehead atoms. The number of hydrogen-bond acceptors (Lipinski definition) is 3. The average molecular weight is 457 g/mol. The fraction of sp³-hybridized carbons (Fsp3) is 0.600. The van der Waals surface area contributed by atoms with Gasteiger partial charge in [0, 0.05) is 46.0 Å². The molecule has 1 aromatic heterocycles. The van der Waals surface area contributed by atoms with Gasteiger partial charge in [-0.15, -0.1) is 24.0 Å². The zero-order valence-corrected chi connectivity index (χ0v) is 17.2. The van der Waals surface area contributed by atoms with Crippen LogP contribution in [0.5, 0.6) is 0 Å². The molecule has 8 heteroatoms. The molecule has 0 spiro atoms. The van der Waals surface area contributed by atoms with Gasteiger partial charge in [-0.05, 0) is 19.4 Å². The number of carbonyl (C=O) groups excluding carboxylic acids is 1. The molecule has 1 rings (SSSR count). The molecular formula is C15H26ClIN4O2. The number of nitrogens with zero attached hydrogens (tertiary/aromatic N) is 3. The van der Waals surface area contributed by atoms with Gasteiger partial charge in [0.05, 0.1) is 18.2 Å². The normalized spacial score (nSPS) is 10.9. The highest BCUT2D eigenvalue weighted by Gasteiger charge is 2.10. The van der Waals surface area contributed by atoms with Crippen molar-refractivity contribution in [1.29, 1.82) is 0 Å². The minimum atomic E-state index is -0.161. The second-order valence-corrected chi connectivity index (χ2v) is 5.44. The minimum absolute atomic E-state index is 0. The summed E-state index contributed by atoms with van der Waals surface area (Å²) in [6.45, 7) is 3.60. The van der Waals surface area contributed by atoms with E-state index in [9.17, 15) is 4.79 Å². The van der Waals surface area contributed by atoms with Crippen molar-refractivity contribution in [3.8, 4) is 0 Å². The molecule has 6 nitrogen and oxygen atoms in total. The van der Waals surface area contributed by atoms with Gasteiger partial charge in [0.25, 0.3) is 0 Å². The maximum Gasteiger partial charge on any atom is 0.305 e. The number of nitrogens with one attached hydrogen (secondary N) is 1. The summed E-state index contributed by atoms with van der Waals surface area (Å²) in [7, 11) is 5.66. The van der Waals surface area contributed by atoms with E-state index in [1.54, 1.807) is 7.05 Å². The van der Waals surface area contributed by atoms with Gasteiger partial charge in [-0.1, -0.05) is 11.6 Å². The van der Waals surface area contributed by atoms with E-state index in [4.69, 9.17) is 16.3 Å². The first kappa shape index (κ1) is 22.0. The molecule has 0 aliphatic heterocycles. The summed E-state index contributed by atoms with van der Waals surface area (Å²) in [5, 5.41) is 3.96. The minimum Gasteiger partial charge on any atom is -0.466 e. The topological polar surface area (TPSA) is 58.9 Å². The summed E-state index contributed by atoms with van der Waals surface area (Å²) in [6, 6.07) is 1.94. The first-order chi connectivity index (χ1) is 10.5. The number of aryl methyl sites for hydroxylation is 1. The lowest BCUT2D eigenvalue weighted by molar-refractivity contribution is -0.143. The smallest absolute Gasteiger partial charge is 0.305 e. The first-order valence-electron chi connectivity index (χ1n) is 7.36. The second kappa shape index (κ2) is 11.6. The van der Waals surface area contributed by atoms with Crippen molar-refractivity contribution in [1.82, 2.24) is 14.8 Å². The van der Waals surface area contributed by atoms with Crippen LogP contribution < -0.4 is 5.32 Å². The Labute approximate surface area is 160 Å². The van der Waals surface area contributed by atoms with E-state index in [0.717, 1.165) is 16.7 Å². The molecule has 0 saturated carbocycles. The lowest BCUT2D eigenvalue weighted by Gasteiger charge is -2.22. The molecule has 0 radical (unpaired) electrons. The van der Waals surface area contributed by atoms with E-state index in [1.165, 1.54) is 0 Å². The lowest BCUT2D eigenvalue weighted by Crippen LogP contribution is -2.39. The van der Waals surface area contributed by atoms with Crippen molar-refractivity contribution in [2.45, 2.75) is 26.3 Å². The number of aliphatic imine (C=N–C) groups is 1. The van der Waals surface area contributed by atoms with Crippen molar-refractivity contribution in [3.05, 3.63) is 23.0 Å². The van der Waals surface area contributed by atoms with Gasteiger partial charge in [-0.2, -0.15) is 0 Å². The quantitative estimate of drug-likeness (QED) is 0.225. The molecule has 0 saturated heterocycles. The summed E-state index contributed by atoms with van der Waals surface area (Å²) in [6.07, 6.45) is 3.00. The van der Waals surface area contributed by atoms with Crippen LogP contribution in [0.15, 0.2) is 17.3 Å². The molecule has 1 aromatic rings. The van der Waals surface area contributed by atoms with Gasteiger partial charge in [-0.3, -0.25) is 9.79 Å². The SMILES string of the molecule is CCOC(=O)CCCNC(=NC)N(C)Cc1cc(Cl)cn1C.I. The molecule has 0 aliphatic carbocycles. The van der Waals surface area contributed by atoms with Gasteiger partial charge in [0.15, 0.2) is 5.96 Å². The van der Waals surface area contributed by atoms with Gasteiger partial charge in [0.1, 0.15) is 0 Å². The highest BCUT2D eigenvalue weighted by atomic mass is 127. The van der Waals surface area contributed by atoms with Crippen LogP contribution in [0.2, 0.25) is 5.02 Å². The Balaban J connectivity index is 0.00000484. The Kier molecular flexibility index (Phi) is 11.1. The highest BCUT2D eigenvalue weighted by molar-refractivity contribution is 14.0. The summed E-state index contributed by atoms with van der Waals surface area (Å²) >= 11 is 5.99. The van der Waals surface area contributed by atoms with Crippen LogP contribution in [-0.4, -0.2) is 48.6 Å². The molecular weight excluding hydrogens is 431 g/mol. The molecule has 0 fully saturated rings. The number of ether oxygens (including phenoxy) is 1. The highest BCUT2D eigenvalue weighted by Crippen LogP contribution is 2.14. The maximum absolute atomic E-state index is 11.3. The first-order valence-corrected chi connectivity index (χ1v) is 7.73. The summed E-state index contributed by atoms with van der Waals surface area (Å²) in [5.41, 5.74) is 1.10. The van der Waals surface area contributed by atoms with E-state index in [2.05, 4.69) is 10.3 Å². The third-order valence-electron chi connectivity index (χ3n) is 3.19. The van der Waals surface area contributed by atoms with Crippen LogP contribution in [0.4, 0.5) is 0 Å². The largest absolute Gasteiger partial charge is 0.466 e. The second-order valence-electron chi connectivity index (χ2n) is 5.00. The van der Waals surface area contributed by atoms with E-state index < -0.39 is 0 Å². The van der Waals surface area contributed by atoms with Crippen LogP contribution in [-0.2, 0) is 23.1 Å². The van der Waals surface area contributed by atoms with Crippen LogP contribution in [0.25, 0.3) is 0 Å². The van der Waals surface area contributed by atoms with Gasteiger partial charge in [-0.25, -0.2) is 0 Å². The van der Waals surface area contributed by atoms with Crippen molar-refractivity contribution < 1.29 is 9.53 Å². The molecule has 1 heterocycles. The Bertz CT molecular complexity index is 520. The molecule has 0 aromatic carbocycles. The molecule has 0 atom stereocenters. The third kappa shape index (κ3) is 7.92. The predicted octanol–water partition coefficient (Wildman–Crippen LogP) is 2.65. The van der Waals surface area contributed by atoms with Crippen LogP contribution in [0, 0.1) is 0 Å². The predicted molar refractivity (Wildman–Crippen MR) is 105 cm³/mol. The Hall–Kier alpha value is -0.960. The number of esters is 1. The molecule has 0 aliphatic rings. The van der Waals surface area contributed by atoms with E-state index in [1.807, 2.05) is 42.7 Å². The molecule has 1 N–H and O–H groups in total. The number of rotatable bonds is 7. The number of halogens is 2. The van der Waals surface area contributed by atoms with Crippen LogP contribution in [0.1, 0.15) is 25.5 Å². The fourth-order valence-electron chi connectivity index (χ4n) is 2.09. The molecule has 23 heavy (non-hydrogen) atoms. The van der Waals surface area contributed by atoms with E-state index >= 15 is 0 Å². The Morgan fingerprint density at radius 1 is 1.52 bits per heavy atom. The Morgan fingerprint density at radius 3 is 2.74 bits per heavy atom. The number of guanidine groups is 1. The van der Waals surface area contributed by atoms with Crippen molar-refractivity contribution in [2.75, 3.05) is 27.2 Å². The zero-order chi connectivity index (χ0) is 16.5. The van der Waals surface area contributed by atoms with Crippen molar-refractivity contribution >= 4 is 47.5 Å². The number of carbonyl (C=O) groups is 1. The lowest BCUT2D eigenvalue weighted by atomic mass is 10.3. The molecule has 0 amide bonds. The molecule has 132 valence electrons. The van der Waals surface area contributed by atoms with Crippen molar-refractivity contribution in [3.63, 3.8) is 0 Å². The van der Waals surface area contributed by atoms with Crippen LogP contribution >= 0.6 is 35.6 Å². The van der Waals surface area contributed by atoms with Gasteiger partial charge >= 0.3 is 5.97 Å². The average Bonchev–Trinajstić information content (AvgIpc) is 2.77.